The third-order valence-corrected chi connectivity index (χ3v) is 15.1. The average molecular weight is 689 g/mol. The number of ketones is 1. The molecule has 47 heavy (non-hydrogen) atoms. The van der Waals surface area contributed by atoms with Gasteiger partial charge in [0.05, 0.1) is 12.2 Å². The molecule has 0 amide bonds. The zero-order valence-electron chi connectivity index (χ0n) is 31.3. The topological polar surface area (TPSA) is 71.1 Å². The van der Waals surface area contributed by atoms with E-state index < -0.39 is 20.3 Å². The van der Waals surface area contributed by atoms with Gasteiger partial charge in [-0.3, -0.25) is 9.59 Å². The van der Waals surface area contributed by atoms with E-state index in [9.17, 15) is 9.59 Å². The molecule has 1 aliphatic heterocycles. The van der Waals surface area contributed by atoms with Crippen molar-refractivity contribution in [1.29, 1.82) is 0 Å². The lowest BCUT2D eigenvalue weighted by molar-refractivity contribution is -0.197. The molecule has 0 aromatic carbocycles. The van der Waals surface area contributed by atoms with E-state index in [0.717, 1.165) is 83.5 Å². The minimum absolute atomic E-state index is 0.0764. The largest absolute Gasteiger partial charge is 0.463 e. The minimum Gasteiger partial charge on any atom is -0.463 e. The van der Waals surface area contributed by atoms with E-state index in [2.05, 4.69) is 40.8 Å². The van der Waals surface area contributed by atoms with Crippen LogP contribution in [-0.4, -0.2) is 57.2 Å². The van der Waals surface area contributed by atoms with Gasteiger partial charge in [-0.25, -0.2) is 8.78 Å². The van der Waals surface area contributed by atoms with Gasteiger partial charge < -0.3 is 18.6 Å². The summed E-state index contributed by atoms with van der Waals surface area (Å²) in [6, 6.07) is 0. The van der Waals surface area contributed by atoms with Crippen LogP contribution in [-0.2, 0) is 28.2 Å². The van der Waals surface area contributed by atoms with E-state index in [4.69, 9.17) is 18.6 Å². The van der Waals surface area contributed by atoms with E-state index in [1.54, 1.807) is 0 Å². The Bertz CT molecular complexity index is 899. The molecule has 0 aromatic rings. The van der Waals surface area contributed by atoms with Crippen LogP contribution in [0.15, 0.2) is 0 Å². The van der Waals surface area contributed by atoms with Gasteiger partial charge in [-0.1, -0.05) is 79.1 Å². The second kappa shape index (κ2) is 20.7. The van der Waals surface area contributed by atoms with Gasteiger partial charge in [0.15, 0.2) is 14.6 Å². The van der Waals surface area contributed by atoms with Gasteiger partial charge in [-0.2, -0.15) is 0 Å². The Morgan fingerprint density at radius 2 is 1.62 bits per heavy atom. The maximum atomic E-state index is 16.0. The number of hydrogen-bond donors (Lipinski definition) is 0. The summed E-state index contributed by atoms with van der Waals surface area (Å²) < 4.78 is 56.0. The van der Waals surface area contributed by atoms with Crippen molar-refractivity contribution in [1.82, 2.24) is 0 Å². The first-order chi connectivity index (χ1) is 22.1. The molecule has 1 saturated heterocycles. The number of halogens is 2. The fourth-order valence-corrected chi connectivity index (χ4v) is 8.12. The van der Waals surface area contributed by atoms with Crippen LogP contribution in [0.1, 0.15) is 164 Å². The van der Waals surface area contributed by atoms with Crippen molar-refractivity contribution >= 4 is 20.1 Å². The molecule has 0 N–H and O–H groups in total. The lowest BCUT2D eigenvalue weighted by atomic mass is 9.84. The van der Waals surface area contributed by atoms with Gasteiger partial charge in [-0.05, 0) is 89.3 Å². The highest BCUT2D eigenvalue weighted by Crippen LogP contribution is 2.44. The Balaban J connectivity index is 2.07. The number of Topliss-reactive ketones (excluding diaryl/α,β-unsaturated/α-hetero) is 1. The number of hydrogen-bond acceptors (Lipinski definition) is 6. The molecule has 1 aliphatic carbocycles. The van der Waals surface area contributed by atoms with Gasteiger partial charge in [0.2, 0.25) is 0 Å². The third-order valence-electron chi connectivity index (χ3n) is 10.6. The lowest BCUT2D eigenvalue weighted by Crippen LogP contribution is -2.49. The highest BCUT2D eigenvalue weighted by molar-refractivity contribution is 6.74. The summed E-state index contributed by atoms with van der Waals surface area (Å²) in [5.41, 5.74) is 0. The first kappa shape index (κ1) is 42.3. The summed E-state index contributed by atoms with van der Waals surface area (Å²) in [4.78, 5) is 25.2. The number of carbonyl (C=O) groups excluding carboxylic acids is 2. The van der Waals surface area contributed by atoms with Gasteiger partial charge in [-0.15, -0.1) is 0 Å². The van der Waals surface area contributed by atoms with E-state index in [1.165, 1.54) is 0 Å². The summed E-state index contributed by atoms with van der Waals surface area (Å²) >= 11 is 0. The molecule has 9 heteroatoms. The fraction of sp³-hybridized carbons (Fsp3) is 0.947. The second-order valence-electron chi connectivity index (χ2n) is 16.1. The van der Waals surface area contributed by atoms with Crippen LogP contribution in [0.2, 0.25) is 18.1 Å². The summed E-state index contributed by atoms with van der Waals surface area (Å²) in [6.07, 6.45) is 12.2. The van der Waals surface area contributed by atoms with E-state index in [0.29, 0.717) is 32.3 Å². The maximum Gasteiger partial charge on any atom is 0.306 e. The number of carbonyl (C=O) groups is 2. The molecule has 5 atom stereocenters. The van der Waals surface area contributed by atoms with E-state index in [-0.39, 0.29) is 60.0 Å². The summed E-state index contributed by atoms with van der Waals surface area (Å²) in [6.45, 7) is 16.9. The van der Waals surface area contributed by atoms with Crippen molar-refractivity contribution in [2.45, 2.75) is 212 Å². The molecule has 1 saturated carbocycles. The number of rotatable bonds is 23. The van der Waals surface area contributed by atoms with Crippen LogP contribution in [0.3, 0.4) is 0 Å². The Morgan fingerprint density at radius 1 is 0.957 bits per heavy atom. The zero-order chi connectivity index (χ0) is 35.1. The van der Waals surface area contributed by atoms with Crippen LogP contribution >= 0.6 is 0 Å². The quantitative estimate of drug-likeness (QED) is 0.0604. The highest BCUT2D eigenvalue weighted by atomic mass is 28.4. The molecule has 3 unspecified atom stereocenters. The Kier molecular flexibility index (Phi) is 18.6. The first-order valence-corrected chi connectivity index (χ1v) is 22.0. The Morgan fingerprint density at radius 3 is 2.23 bits per heavy atom. The number of alkyl halides is 2. The van der Waals surface area contributed by atoms with Crippen molar-refractivity contribution < 1.29 is 37.0 Å². The first-order valence-electron chi connectivity index (χ1n) is 19.1. The van der Waals surface area contributed by atoms with Crippen molar-refractivity contribution in [2.75, 3.05) is 6.61 Å². The maximum absolute atomic E-state index is 16.0. The molecule has 2 rings (SSSR count). The summed E-state index contributed by atoms with van der Waals surface area (Å²) in [5.74, 6) is -3.14. The standard InChI is InChI=1S/C38H70F2O6Si/c1-9-10-11-19-26-38(39,40)34(46-47(7,8)37(4,5)6)25-24-31-30(32(41)28-33(31)45-36-23-18-20-27-43-36)21-16-14-12-13-15-17-22-35(42)44-29(2)3/h29-31,33-34,36H,9-28H2,1-8H3/t30?,31-,33-,34?,36?/m1/s1. The highest BCUT2D eigenvalue weighted by Gasteiger charge is 2.49. The number of ether oxygens (including phenoxy) is 3. The predicted molar refractivity (Wildman–Crippen MR) is 188 cm³/mol. The summed E-state index contributed by atoms with van der Waals surface area (Å²) in [7, 11) is -2.47. The smallest absolute Gasteiger partial charge is 0.306 e. The van der Waals surface area contributed by atoms with E-state index in [1.807, 2.05) is 13.8 Å². The van der Waals surface area contributed by atoms with E-state index >= 15 is 8.78 Å². The number of esters is 1. The van der Waals surface area contributed by atoms with Crippen molar-refractivity contribution in [2.24, 2.45) is 11.8 Å². The SMILES string of the molecule is CCCCCCC(F)(F)C(CC[C@@H]1C(CCCCCCCCC(=O)OC(C)C)C(=O)C[C@H]1OC1CCCCO1)O[Si](C)(C)C(C)(C)C. The second-order valence-corrected chi connectivity index (χ2v) is 20.9. The number of unbranched alkanes of at least 4 members (excludes halogenated alkanes) is 8. The zero-order valence-corrected chi connectivity index (χ0v) is 32.3. The van der Waals surface area contributed by atoms with Crippen LogP contribution < -0.4 is 0 Å². The van der Waals surface area contributed by atoms with Crippen LogP contribution in [0, 0.1) is 11.8 Å². The normalized spacial score (nSPS) is 23.4. The molecule has 0 radical (unpaired) electrons. The molecule has 0 spiro atoms. The summed E-state index contributed by atoms with van der Waals surface area (Å²) in [5, 5.41) is -0.184. The van der Waals surface area contributed by atoms with Gasteiger partial charge in [0.25, 0.3) is 5.92 Å². The Labute approximate surface area is 287 Å². The molecule has 2 aliphatic rings. The van der Waals surface area contributed by atoms with Crippen molar-refractivity contribution in [3.8, 4) is 0 Å². The third kappa shape index (κ3) is 15.3. The average Bonchev–Trinajstić information content (AvgIpc) is 3.27. The van der Waals surface area contributed by atoms with Crippen molar-refractivity contribution in [3.63, 3.8) is 0 Å². The fourth-order valence-electron chi connectivity index (χ4n) is 6.77. The molecule has 0 aromatic heterocycles. The predicted octanol–water partition coefficient (Wildman–Crippen LogP) is 11.0. The minimum atomic E-state index is -2.92. The molecule has 1 heterocycles. The lowest BCUT2D eigenvalue weighted by Gasteiger charge is -2.42. The molecule has 6 nitrogen and oxygen atoms in total. The monoisotopic (exact) mass is 688 g/mol. The van der Waals surface area contributed by atoms with Gasteiger partial charge in [0, 0.05) is 31.8 Å². The molecule has 0 bridgehead atoms. The van der Waals surface area contributed by atoms with Gasteiger partial charge >= 0.3 is 5.97 Å². The molecular weight excluding hydrogens is 618 g/mol. The van der Waals surface area contributed by atoms with Crippen LogP contribution in [0.4, 0.5) is 8.78 Å². The van der Waals surface area contributed by atoms with Crippen molar-refractivity contribution in [3.05, 3.63) is 0 Å². The molecule has 276 valence electrons. The van der Waals surface area contributed by atoms with Gasteiger partial charge in [0.1, 0.15) is 11.9 Å². The van der Waals surface area contributed by atoms with Crippen LogP contribution in [0.5, 0.6) is 0 Å². The van der Waals surface area contributed by atoms with Crippen LogP contribution in [0.25, 0.3) is 0 Å². The Hall–Kier alpha value is -0.903. The molecule has 2 fully saturated rings. The molecular formula is C38H70F2O6Si.